The van der Waals surface area contributed by atoms with Gasteiger partial charge in [0, 0.05) is 19.6 Å². The Balaban J connectivity index is 0.00000324. The van der Waals surface area contributed by atoms with E-state index < -0.39 is 0 Å². The maximum absolute atomic E-state index is 5.91. The van der Waals surface area contributed by atoms with E-state index in [1.165, 1.54) is 5.56 Å². The molecule has 19 heavy (non-hydrogen) atoms. The molecule has 0 aliphatic rings. The van der Waals surface area contributed by atoms with E-state index in [0.717, 1.165) is 25.3 Å². The summed E-state index contributed by atoms with van der Waals surface area (Å²) in [5, 5.41) is 0. The number of aliphatic imine (C=N–C) groups is 1. The molecule has 0 heterocycles. The molecule has 2 N–H and O–H groups in total. The number of methoxy groups -OCH3 is 1. The summed E-state index contributed by atoms with van der Waals surface area (Å²) in [6.07, 6.45) is 0.874. The predicted octanol–water partition coefficient (Wildman–Crippen LogP) is 2.51. The predicted molar refractivity (Wildman–Crippen MR) is 91.5 cm³/mol. The molecule has 0 saturated carbocycles. The van der Waals surface area contributed by atoms with Crippen molar-refractivity contribution in [3.8, 4) is 5.75 Å². The van der Waals surface area contributed by atoms with E-state index in [1.807, 2.05) is 23.1 Å². The summed E-state index contributed by atoms with van der Waals surface area (Å²) < 4.78 is 5.19. The summed E-state index contributed by atoms with van der Waals surface area (Å²) in [4.78, 5) is 6.44. The highest BCUT2D eigenvalue weighted by molar-refractivity contribution is 14.0. The molecule has 0 aliphatic heterocycles. The van der Waals surface area contributed by atoms with Gasteiger partial charge in [-0.05, 0) is 38.0 Å². The first kappa shape index (κ1) is 18.0. The van der Waals surface area contributed by atoms with E-state index in [2.05, 4.69) is 24.9 Å². The molecule has 108 valence electrons. The molecule has 0 amide bonds. The quantitative estimate of drug-likeness (QED) is 0.471. The molecule has 4 nitrogen and oxygen atoms in total. The van der Waals surface area contributed by atoms with Crippen LogP contribution in [-0.2, 0) is 6.42 Å². The van der Waals surface area contributed by atoms with Gasteiger partial charge in [0.25, 0.3) is 0 Å². The maximum Gasteiger partial charge on any atom is 0.191 e. The van der Waals surface area contributed by atoms with Crippen LogP contribution in [0.1, 0.15) is 19.4 Å². The number of hydrogen-bond donors (Lipinski definition) is 1. The molecule has 1 rings (SSSR count). The Morgan fingerprint density at radius 1 is 1.32 bits per heavy atom. The average molecular weight is 377 g/mol. The fourth-order valence-electron chi connectivity index (χ4n) is 1.78. The molecule has 0 atom stereocenters. The monoisotopic (exact) mass is 377 g/mol. The summed E-state index contributed by atoms with van der Waals surface area (Å²) in [7, 11) is 1.68. The molecule has 0 spiro atoms. The lowest BCUT2D eigenvalue weighted by Gasteiger charge is -2.19. The first-order valence-corrected chi connectivity index (χ1v) is 6.39. The van der Waals surface area contributed by atoms with Crippen molar-refractivity contribution >= 4 is 29.9 Å². The summed E-state index contributed by atoms with van der Waals surface area (Å²) in [5.41, 5.74) is 7.12. The Morgan fingerprint density at radius 3 is 2.58 bits per heavy atom. The third kappa shape index (κ3) is 6.13. The molecular weight excluding hydrogens is 353 g/mol. The van der Waals surface area contributed by atoms with E-state index in [-0.39, 0.29) is 24.0 Å². The van der Waals surface area contributed by atoms with Crippen molar-refractivity contribution in [1.29, 1.82) is 0 Å². The van der Waals surface area contributed by atoms with Gasteiger partial charge >= 0.3 is 0 Å². The lowest BCUT2D eigenvalue weighted by molar-refractivity contribution is 0.414. The minimum Gasteiger partial charge on any atom is -0.497 e. The van der Waals surface area contributed by atoms with Crippen LogP contribution in [0, 0.1) is 0 Å². The van der Waals surface area contributed by atoms with Gasteiger partial charge in [0.2, 0.25) is 0 Å². The van der Waals surface area contributed by atoms with Crippen molar-refractivity contribution in [2.24, 2.45) is 10.7 Å². The van der Waals surface area contributed by atoms with Crippen molar-refractivity contribution in [3.05, 3.63) is 29.8 Å². The van der Waals surface area contributed by atoms with Crippen LogP contribution in [0.2, 0.25) is 0 Å². The number of benzene rings is 1. The van der Waals surface area contributed by atoms with Gasteiger partial charge in [-0.2, -0.15) is 0 Å². The Kier molecular flexibility index (Phi) is 9.38. The second-order valence-electron chi connectivity index (χ2n) is 4.01. The number of nitrogens with zero attached hydrogens (tertiary/aromatic N) is 2. The zero-order valence-corrected chi connectivity index (χ0v) is 14.3. The average Bonchev–Trinajstić information content (AvgIpc) is 2.40. The number of nitrogens with two attached hydrogens (primary N) is 1. The largest absolute Gasteiger partial charge is 0.497 e. The minimum atomic E-state index is 0. The number of rotatable bonds is 6. The standard InChI is InChI=1S/C14H23N3O.HI/c1-4-17(5-2)14(15)16-10-9-12-7-6-8-13(11-12)18-3;/h6-8,11H,4-5,9-10H2,1-3H3,(H2,15,16);1H. The lowest BCUT2D eigenvalue weighted by Crippen LogP contribution is -2.37. The molecule has 0 saturated heterocycles. The van der Waals surface area contributed by atoms with E-state index in [0.29, 0.717) is 12.5 Å². The van der Waals surface area contributed by atoms with Crippen LogP contribution in [-0.4, -0.2) is 37.6 Å². The molecule has 0 aliphatic carbocycles. The SMILES string of the molecule is CCN(CC)C(N)=NCCc1cccc(OC)c1.I. The fourth-order valence-corrected chi connectivity index (χ4v) is 1.78. The van der Waals surface area contributed by atoms with Gasteiger partial charge in [0.05, 0.1) is 7.11 Å². The molecule has 1 aromatic carbocycles. The number of hydrogen-bond acceptors (Lipinski definition) is 2. The number of guanidine groups is 1. The van der Waals surface area contributed by atoms with Crippen LogP contribution in [0.3, 0.4) is 0 Å². The molecule has 0 bridgehead atoms. The molecule has 5 heteroatoms. The van der Waals surface area contributed by atoms with Crippen molar-refractivity contribution in [1.82, 2.24) is 4.90 Å². The Bertz CT molecular complexity index is 392. The summed E-state index contributed by atoms with van der Waals surface area (Å²) in [6.45, 7) is 6.65. The van der Waals surface area contributed by atoms with E-state index >= 15 is 0 Å². The van der Waals surface area contributed by atoms with Gasteiger partial charge in [0.15, 0.2) is 5.96 Å². The van der Waals surface area contributed by atoms with E-state index in [9.17, 15) is 0 Å². The molecule has 0 fully saturated rings. The normalized spacial score (nSPS) is 10.8. The van der Waals surface area contributed by atoms with Crippen LogP contribution in [0.15, 0.2) is 29.3 Å². The first-order valence-electron chi connectivity index (χ1n) is 6.39. The highest BCUT2D eigenvalue weighted by Crippen LogP contribution is 2.12. The molecule has 0 radical (unpaired) electrons. The van der Waals surface area contributed by atoms with E-state index in [4.69, 9.17) is 10.5 Å². The number of ether oxygens (including phenoxy) is 1. The Morgan fingerprint density at radius 2 is 2.00 bits per heavy atom. The van der Waals surface area contributed by atoms with Gasteiger partial charge < -0.3 is 15.4 Å². The molecular formula is C14H24IN3O. The zero-order chi connectivity index (χ0) is 13.4. The van der Waals surface area contributed by atoms with Gasteiger partial charge in [0.1, 0.15) is 5.75 Å². The van der Waals surface area contributed by atoms with Crippen molar-refractivity contribution in [2.75, 3.05) is 26.7 Å². The van der Waals surface area contributed by atoms with Gasteiger partial charge in [-0.3, -0.25) is 4.99 Å². The second kappa shape index (κ2) is 9.89. The summed E-state index contributed by atoms with van der Waals surface area (Å²) in [5.74, 6) is 1.51. The first-order chi connectivity index (χ1) is 8.71. The summed E-state index contributed by atoms with van der Waals surface area (Å²) in [6, 6.07) is 8.04. The van der Waals surface area contributed by atoms with Crippen LogP contribution < -0.4 is 10.5 Å². The highest BCUT2D eigenvalue weighted by atomic mass is 127. The van der Waals surface area contributed by atoms with E-state index in [1.54, 1.807) is 7.11 Å². The minimum absolute atomic E-state index is 0. The van der Waals surface area contributed by atoms with Crippen LogP contribution >= 0.6 is 24.0 Å². The zero-order valence-electron chi connectivity index (χ0n) is 11.9. The van der Waals surface area contributed by atoms with Crippen molar-refractivity contribution in [2.45, 2.75) is 20.3 Å². The van der Waals surface area contributed by atoms with Gasteiger partial charge in [-0.25, -0.2) is 0 Å². The third-order valence-electron chi connectivity index (χ3n) is 2.90. The summed E-state index contributed by atoms with van der Waals surface area (Å²) >= 11 is 0. The van der Waals surface area contributed by atoms with Crippen LogP contribution in [0.25, 0.3) is 0 Å². The third-order valence-corrected chi connectivity index (χ3v) is 2.90. The Hall–Kier alpha value is -0.980. The van der Waals surface area contributed by atoms with Crippen molar-refractivity contribution in [3.63, 3.8) is 0 Å². The molecule has 0 unspecified atom stereocenters. The topological polar surface area (TPSA) is 50.8 Å². The van der Waals surface area contributed by atoms with Crippen LogP contribution in [0.4, 0.5) is 0 Å². The molecule has 0 aromatic heterocycles. The smallest absolute Gasteiger partial charge is 0.191 e. The van der Waals surface area contributed by atoms with Gasteiger partial charge in [-0.15, -0.1) is 24.0 Å². The lowest BCUT2D eigenvalue weighted by atomic mass is 10.1. The number of halogens is 1. The maximum atomic E-state index is 5.91. The van der Waals surface area contributed by atoms with Crippen molar-refractivity contribution < 1.29 is 4.74 Å². The van der Waals surface area contributed by atoms with Gasteiger partial charge in [-0.1, -0.05) is 12.1 Å². The fraction of sp³-hybridized carbons (Fsp3) is 0.500. The Labute approximate surface area is 133 Å². The second-order valence-corrected chi connectivity index (χ2v) is 4.01. The molecule has 1 aromatic rings. The van der Waals surface area contributed by atoms with Crippen LogP contribution in [0.5, 0.6) is 5.75 Å². The highest BCUT2D eigenvalue weighted by Gasteiger charge is 2.01.